The number of alkyl halides is 3. The second-order valence-corrected chi connectivity index (χ2v) is 6.97. The van der Waals surface area contributed by atoms with E-state index in [9.17, 15) is 30.8 Å². The fraction of sp³-hybridized carbons (Fsp3) is 0.188. The number of hydrogen-bond donors (Lipinski definition) is 1. The number of ether oxygens (including phenoxy) is 1. The normalized spacial score (nSPS) is 12.0. The maximum atomic E-state index is 13.8. The van der Waals surface area contributed by atoms with Crippen LogP contribution in [0.1, 0.15) is 21.5 Å². The van der Waals surface area contributed by atoms with Gasteiger partial charge in [0.1, 0.15) is 12.4 Å². The number of benzene rings is 2. The lowest BCUT2D eigenvalue weighted by atomic mass is 10.1. The Labute approximate surface area is 146 Å². The molecule has 0 saturated heterocycles. The Morgan fingerprint density at radius 3 is 2.42 bits per heavy atom. The molecule has 0 aliphatic rings. The molecule has 0 aliphatic heterocycles. The van der Waals surface area contributed by atoms with E-state index in [-0.39, 0.29) is 10.5 Å². The van der Waals surface area contributed by atoms with Gasteiger partial charge in [0.25, 0.3) is 0 Å². The molecule has 0 unspecified atom stereocenters. The number of halogens is 4. The largest absolute Gasteiger partial charge is 0.457 e. The van der Waals surface area contributed by atoms with E-state index in [2.05, 4.69) is 0 Å². The number of hydrogen-bond acceptors (Lipinski definition) is 4. The van der Waals surface area contributed by atoms with E-state index < -0.39 is 45.7 Å². The molecule has 0 saturated carbocycles. The standard InChI is InChI=1S/C16H13F4NO4S/c1-21-26(23,24)11-6-7-14(17)12(8-11)15(22)25-9-10-4-2-3-5-13(10)16(18,19)20/h2-8,21H,9H2,1H3. The van der Waals surface area contributed by atoms with Gasteiger partial charge in [-0.2, -0.15) is 13.2 Å². The molecular formula is C16H13F4NO4S. The van der Waals surface area contributed by atoms with E-state index in [1.165, 1.54) is 12.1 Å². The van der Waals surface area contributed by atoms with Gasteiger partial charge in [-0.15, -0.1) is 0 Å². The molecule has 0 aromatic heterocycles. The predicted molar refractivity (Wildman–Crippen MR) is 83.2 cm³/mol. The molecule has 1 N–H and O–H groups in total. The van der Waals surface area contributed by atoms with Gasteiger partial charge in [-0.25, -0.2) is 22.3 Å². The van der Waals surface area contributed by atoms with Gasteiger partial charge in [-0.1, -0.05) is 18.2 Å². The van der Waals surface area contributed by atoms with Crippen LogP contribution in [0.15, 0.2) is 47.4 Å². The van der Waals surface area contributed by atoms with Gasteiger partial charge in [0.15, 0.2) is 0 Å². The van der Waals surface area contributed by atoms with Gasteiger partial charge in [0.2, 0.25) is 10.0 Å². The van der Waals surface area contributed by atoms with Crippen LogP contribution in [-0.4, -0.2) is 21.4 Å². The predicted octanol–water partition coefficient (Wildman–Crippen LogP) is 3.11. The van der Waals surface area contributed by atoms with Crippen molar-refractivity contribution in [2.24, 2.45) is 0 Å². The van der Waals surface area contributed by atoms with Gasteiger partial charge in [-0.05, 0) is 31.3 Å². The molecule has 0 spiro atoms. The van der Waals surface area contributed by atoms with Crippen molar-refractivity contribution in [1.82, 2.24) is 4.72 Å². The van der Waals surface area contributed by atoms with E-state index in [0.29, 0.717) is 0 Å². The Kier molecular flexibility index (Phi) is 5.67. The fourth-order valence-electron chi connectivity index (χ4n) is 2.09. The Bertz CT molecular complexity index is 926. The molecule has 0 heterocycles. The van der Waals surface area contributed by atoms with Gasteiger partial charge < -0.3 is 4.74 Å². The number of rotatable bonds is 5. The van der Waals surface area contributed by atoms with Gasteiger partial charge in [0, 0.05) is 5.56 Å². The second kappa shape index (κ2) is 7.42. The summed E-state index contributed by atoms with van der Waals surface area (Å²) < 4.78 is 82.7. The topological polar surface area (TPSA) is 72.5 Å². The molecule has 2 aromatic rings. The van der Waals surface area contributed by atoms with Crippen LogP contribution in [0, 0.1) is 5.82 Å². The summed E-state index contributed by atoms with van der Waals surface area (Å²) >= 11 is 0. The van der Waals surface area contributed by atoms with Crippen LogP contribution >= 0.6 is 0 Å². The van der Waals surface area contributed by atoms with Gasteiger partial charge >= 0.3 is 12.1 Å². The SMILES string of the molecule is CNS(=O)(=O)c1ccc(F)c(C(=O)OCc2ccccc2C(F)(F)F)c1. The minimum absolute atomic E-state index is 0.312. The molecule has 0 radical (unpaired) electrons. The number of carbonyl (C=O) groups excluding carboxylic acids is 1. The van der Waals surface area contributed by atoms with Crippen LogP contribution in [0.4, 0.5) is 17.6 Å². The van der Waals surface area contributed by atoms with Crippen LogP contribution in [0.2, 0.25) is 0 Å². The number of sulfonamides is 1. The summed E-state index contributed by atoms with van der Waals surface area (Å²) in [6, 6.07) is 6.90. The van der Waals surface area contributed by atoms with Crippen molar-refractivity contribution in [3.63, 3.8) is 0 Å². The van der Waals surface area contributed by atoms with Crippen molar-refractivity contribution in [3.05, 3.63) is 65.0 Å². The molecule has 0 aliphatic carbocycles. The third-order valence-corrected chi connectivity index (χ3v) is 4.83. The minimum Gasteiger partial charge on any atom is -0.457 e. The zero-order valence-corrected chi connectivity index (χ0v) is 14.1. The molecule has 2 rings (SSSR count). The van der Waals surface area contributed by atoms with E-state index in [1.54, 1.807) is 0 Å². The third kappa shape index (κ3) is 4.38. The first-order valence-electron chi connectivity index (χ1n) is 7.11. The summed E-state index contributed by atoms with van der Waals surface area (Å²) in [5, 5.41) is 0. The molecule has 5 nitrogen and oxygen atoms in total. The molecular weight excluding hydrogens is 378 g/mol. The van der Waals surface area contributed by atoms with Crippen molar-refractivity contribution in [2.45, 2.75) is 17.7 Å². The smallest absolute Gasteiger partial charge is 0.416 e. The van der Waals surface area contributed by atoms with Crippen molar-refractivity contribution < 1.29 is 35.5 Å². The van der Waals surface area contributed by atoms with E-state index in [1.807, 2.05) is 4.72 Å². The van der Waals surface area contributed by atoms with Crippen LogP contribution in [-0.2, 0) is 27.5 Å². The zero-order chi connectivity index (χ0) is 19.5. The minimum atomic E-state index is -4.64. The first-order valence-corrected chi connectivity index (χ1v) is 8.60. The van der Waals surface area contributed by atoms with E-state index in [4.69, 9.17) is 4.74 Å². The van der Waals surface area contributed by atoms with Gasteiger partial charge in [-0.3, -0.25) is 0 Å². The van der Waals surface area contributed by atoms with Gasteiger partial charge in [0.05, 0.1) is 16.0 Å². The molecule has 0 amide bonds. The summed E-state index contributed by atoms with van der Waals surface area (Å²) in [6.45, 7) is -0.753. The second-order valence-electron chi connectivity index (χ2n) is 5.08. The lowest BCUT2D eigenvalue weighted by Crippen LogP contribution is -2.19. The number of carbonyl (C=O) groups is 1. The number of esters is 1. The first-order chi connectivity index (χ1) is 12.1. The average molecular weight is 391 g/mol. The van der Waals surface area contributed by atoms with Crippen molar-refractivity contribution >= 4 is 16.0 Å². The summed E-state index contributed by atoms with van der Waals surface area (Å²) in [5.41, 5.74) is -2.00. The lowest BCUT2D eigenvalue weighted by molar-refractivity contribution is -0.138. The summed E-state index contributed by atoms with van der Waals surface area (Å²) in [4.78, 5) is 11.6. The molecule has 10 heteroatoms. The fourth-order valence-corrected chi connectivity index (χ4v) is 2.85. The van der Waals surface area contributed by atoms with E-state index >= 15 is 0 Å². The molecule has 0 bridgehead atoms. The van der Waals surface area contributed by atoms with Crippen LogP contribution in [0.5, 0.6) is 0 Å². The highest BCUT2D eigenvalue weighted by Gasteiger charge is 2.33. The van der Waals surface area contributed by atoms with Crippen LogP contribution in [0.25, 0.3) is 0 Å². The molecule has 0 atom stereocenters. The monoisotopic (exact) mass is 391 g/mol. The highest BCUT2D eigenvalue weighted by Crippen LogP contribution is 2.32. The van der Waals surface area contributed by atoms with Crippen LogP contribution in [0.3, 0.4) is 0 Å². The van der Waals surface area contributed by atoms with Crippen molar-refractivity contribution in [1.29, 1.82) is 0 Å². The highest BCUT2D eigenvalue weighted by molar-refractivity contribution is 7.89. The Morgan fingerprint density at radius 1 is 1.15 bits per heavy atom. The third-order valence-electron chi connectivity index (χ3n) is 3.42. The van der Waals surface area contributed by atoms with Crippen LogP contribution < -0.4 is 4.72 Å². The zero-order valence-electron chi connectivity index (χ0n) is 13.3. The molecule has 140 valence electrons. The summed E-state index contributed by atoms with van der Waals surface area (Å²) in [5.74, 6) is -2.35. The first kappa shape index (κ1) is 19.9. The quantitative estimate of drug-likeness (QED) is 0.628. The molecule has 26 heavy (non-hydrogen) atoms. The Morgan fingerprint density at radius 2 is 1.81 bits per heavy atom. The summed E-state index contributed by atoms with van der Waals surface area (Å²) in [6.07, 6.45) is -4.64. The molecule has 0 fully saturated rings. The van der Waals surface area contributed by atoms with E-state index in [0.717, 1.165) is 37.4 Å². The maximum Gasteiger partial charge on any atom is 0.416 e. The number of nitrogens with one attached hydrogen (secondary N) is 1. The average Bonchev–Trinajstić information content (AvgIpc) is 2.59. The van der Waals surface area contributed by atoms with Crippen molar-refractivity contribution in [2.75, 3.05) is 7.05 Å². The maximum absolute atomic E-state index is 13.8. The Hall–Kier alpha value is -2.46. The highest BCUT2D eigenvalue weighted by atomic mass is 32.2. The summed E-state index contributed by atoms with van der Waals surface area (Å²) in [7, 11) is -2.81. The lowest BCUT2D eigenvalue weighted by Gasteiger charge is -2.13. The van der Waals surface area contributed by atoms with Crippen molar-refractivity contribution in [3.8, 4) is 0 Å². The Balaban J connectivity index is 2.26. The molecule has 2 aromatic carbocycles.